The number of methoxy groups -OCH3 is 2. The number of nitrogen functional groups attached to an aromatic ring is 1. The van der Waals surface area contributed by atoms with Crippen LogP contribution < -0.4 is 10.6 Å². The number of likely N-dealkylation sites (N-methyl/N-ethyl adjacent to an activating group) is 1. The van der Waals surface area contributed by atoms with Crippen molar-refractivity contribution in [2.75, 3.05) is 38.5 Å². The van der Waals surface area contributed by atoms with Crippen molar-refractivity contribution in [3.8, 4) is 0 Å². The van der Waals surface area contributed by atoms with E-state index >= 15 is 0 Å². The summed E-state index contributed by atoms with van der Waals surface area (Å²) in [7, 11) is 5.22. The molecule has 0 spiro atoms. The third-order valence-corrected chi connectivity index (χ3v) is 2.48. The van der Waals surface area contributed by atoms with Crippen LogP contribution in [0.25, 0.3) is 0 Å². The van der Waals surface area contributed by atoms with Crippen molar-refractivity contribution in [3.05, 3.63) is 11.9 Å². The summed E-state index contributed by atoms with van der Waals surface area (Å²) in [6.07, 6.45) is 0. The lowest BCUT2D eigenvalue weighted by Gasteiger charge is -2.25. The van der Waals surface area contributed by atoms with Crippen LogP contribution in [0.5, 0.6) is 0 Å². The van der Waals surface area contributed by atoms with Gasteiger partial charge in [0.05, 0.1) is 12.6 Å². The molecule has 0 saturated heterocycles. The summed E-state index contributed by atoms with van der Waals surface area (Å²) in [5.41, 5.74) is 5.74. The Balaban J connectivity index is 2.88. The highest BCUT2D eigenvalue weighted by molar-refractivity contribution is 5.47. The summed E-state index contributed by atoms with van der Waals surface area (Å²) in [4.78, 5) is 10.5. The normalized spacial score (nSPS) is 12.5. The topological polar surface area (TPSA) is 73.5 Å². The van der Waals surface area contributed by atoms with Gasteiger partial charge in [0.25, 0.3) is 0 Å². The number of hydrogen-bond donors (Lipinski definition) is 1. The number of ether oxygens (including phenoxy) is 2. The van der Waals surface area contributed by atoms with Gasteiger partial charge in [0.15, 0.2) is 5.82 Å². The van der Waals surface area contributed by atoms with E-state index in [1.165, 1.54) is 0 Å². The van der Waals surface area contributed by atoms with Gasteiger partial charge in [-0.15, -0.1) is 0 Å². The number of hydrogen-bond acceptors (Lipinski definition) is 6. The van der Waals surface area contributed by atoms with Gasteiger partial charge in [-0.2, -0.15) is 0 Å². The molecule has 96 valence electrons. The maximum absolute atomic E-state index is 5.74. The zero-order chi connectivity index (χ0) is 12.8. The molecule has 0 bridgehead atoms. The Morgan fingerprint density at radius 1 is 1.35 bits per heavy atom. The van der Waals surface area contributed by atoms with Crippen LogP contribution in [0.15, 0.2) is 6.07 Å². The Morgan fingerprint density at radius 3 is 2.65 bits per heavy atom. The Hall–Kier alpha value is -1.40. The summed E-state index contributed by atoms with van der Waals surface area (Å²) < 4.78 is 10.1. The van der Waals surface area contributed by atoms with Crippen molar-refractivity contribution in [2.24, 2.45) is 0 Å². The fraction of sp³-hybridized carbons (Fsp3) is 0.636. The first-order chi connectivity index (χ1) is 8.08. The highest BCUT2D eigenvalue weighted by Crippen LogP contribution is 2.15. The van der Waals surface area contributed by atoms with Crippen molar-refractivity contribution < 1.29 is 9.47 Å². The summed E-state index contributed by atoms with van der Waals surface area (Å²) in [6, 6.07) is 1.95. The molecule has 2 N–H and O–H groups in total. The second-order valence-electron chi connectivity index (χ2n) is 3.92. The van der Waals surface area contributed by atoms with Crippen molar-refractivity contribution in [2.45, 2.75) is 19.6 Å². The number of nitrogens with zero attached hydrogens (tertiary/aromatic N) is 3. The van der Waals surface area contributed by atoms with Crippen LogP contribution in [0.1, 0.15) is 12.7 Å². The molecule has 0 aliphatic rings. The minimum Gasteiger partial charge on any atom is -0.384 e. The number of rotatable bonds is 6. The molecule has 0 aromatic carbocycles. The largest absolute Gasteiger partial charge is 0.384 e. The van der Waals surface area contributed by atoms with E-state index in [0.717, 1.165) is 5.82 Å². The van der Waals surface area contributed by atoms with E-state index in [1.807, 2.05) is 11.9 Å². The Labute approximate surface area is 102 Å². The van der Waals surface area contributed by atoms with Gasteiger partial charge in [0.1, 0.15) is 18.2 Å². The number of aromatic nitrogens is 2. The van der Waals surface area contributed by atoms with Gasteiger partial charge in [-0.05, 0) is 6.92 Å². The van der Waals surface area contributed by atoms with E-state index in [0.29, 0.717) is 24.9 Å². The average molecular weight is 240 g/mol. The molecular formula is C11H20N4O2. The molecule has 1 aromatic heterocycles. The number of nitrogens with two attached hydrogens (primary N) is 1. The smallest absolute Gasteiger partial charge is 0.158 e. The third kappa shape index (κ3) is 3.83. The van der Waals surface area contributed by atoms with E-state index in [1.54, 1.807) is 20.3 Å². The molecule has 0 aliphatic heterocycles. The maximum Gasteiger partial charge on any atom is 0.158 e. The summed E-state index contributed by atoms with van der Waals surface area (Å²) in [5.74, 6) is 1.80. The Morgan fingerprint density at radius 2 is 2.06 bits per heavy atom. The molecule has 1 atom stereocenters. The first-order valence-electron chi connectivity index (χ1n) is 5.42. The molecule has 6 heteroatoms. The molecule has 0 saturated carbocycles. The third-order valence-electron chi connectivity index (χ3n) is 2.48. The van der Waals surface area contributed by atoms with E-state index in [9.17, 15) is 0 Å². The average Bonchev–Trinajstić information content (AvgIpc) is 2.28. The quantitative estimate of drug-likeness (QED) is 0.788. The highest BCUT2D eigenvalue weighted by atomic mass is 16.5. The van der Waals surface area contributed by atoms with Crippen LogP contribution >= 0.6 is 0 Å². The van der Waals surface area contributed by atoms with Crippen molar-refractivity contribution in [1.82, 2.24) is 9.97 Å². The van der Waals surface area contributed by atoms with Crippen molar-refractivity contribution >= 4 is 11.6 Å². The summed E-state index contributed by atoms with van der Waals surface area (Å²) >= 11 is 0. The molecule has 0 aliphatic carbocycles. The molecule has 1 aromatic rings. The zero-order valence-corrected chi connectivity index (χ0v) is 10.8. The van der Waals surface area contributed by atoms with Crippen LogP contribution in [0.4, 0.5) is 11.6 Å². The fourth-order valence-electron chi connectivity index (χ4n) is 1.46. The minimum atomic E-state index is 0.213. The first kappa shape index (κ1) is 13.7. The fourth-order valence-corrected chi connectivity index (χ4v) is 1.46. The highest BCUT2D eigenvalue weighted by Gasteiger charge is 2.13. The van der Waals surface area contributed by atoms with Crippen LogP contribution in [-0.4, -0.2) is 43.9 Å². The van der Waals surface area contributed by atoms with E-state index < -0.39 is 0 Å². The lowest BCUT2D eigenvalue weighted by molar-refractivity contribution is 0.177. The van der Waals surface area contributed by atoms with Crippen LogP contribution in [-0.2, 0) is 16.1 Å². The molecule has 17 heavy (non-hydrogen) atoms. The summed E-state index contributed by atoms with van der Waals surface area (Å²) in [5, 5.41) is 0. The van der Waals surface area contributed by atoms with Crippen molar-refractivity contribution in [3.63, 3.8) is 0 Å². The molecule has 0 fully saturated rings. The maximum atomic E-state index is 5.74. The van der Waals surface area contributed by atoms with Gasteiger partial charge < -0.3 is 20.1 Å². The predicted octanol–water partition coefficient (Wildman–Crippen LogP) is 0.676. The summed E-state index contributed by atoms with van der Waals surface area (Å²) in [6.45, 7) is 3.03. The predicted molar refractivity (Wildman–Crippen MR) is 66.9 cm³/mol. The van der Waals surface area contributed by atoms with E-state index in [-0.39, 0.29) is 6.04 Å². The van der Waals surface area contributed by atoms with Crippen LogP contribution in [0, 0.1) is 0 Å². The monoisotopic (exact) mass is 240 g/mol. The lowest BCUT2D eigenvalue weighted by Crippen LogP contribution is -2.33. The van der Waals surface area contributed by atoms with Gasteiger partial charge in [-0.25, -0.2) is 9.97 Å². The zero-order valence-electron chi connectivity index (χ0n) is 10.8. The van der Waals surface area contributed by atoms with Crippen LogP contribution in [0.2, 0.25) is 0 Å². The minimum absolute atomic E-state index is 0.213. The van der Waals surface area contributed by atoms with Gasteiger partial charge in [-0.1, -0.05) is 0 Å². The molecule has 1 rings (SSSR count). The molecule has 0 amide bonds. The van der Waals surface area contributed by atoms with E-state index in [4.69, 9.17) is 15.2 Å². The second kappa shape index (κ2) is 6.36. The van der Waals surface area contributed by atoms with Gasteiger partial charge in [-0.3, -0.25) is 0 Å². The second-order valence-corrected chi connectivity index (χ2v) is 3.92. The lowest BCUT2D eigenvalue weighted by atomic mass is 10.3. The van der Waals surface area contributed by atoms with Crippen LogP contribution in [0.3, 0.4) is 0 Å². The standard InChI is InChI=1S/C11H20N4O2/c1-8(6-16-3)15(2)11-5-9(12)13-10(14-11)7-17-4/h5,8H,6-7H2,1-4H3,(H2,12,13,14). The molecule has 1 heterocycles. The molecule has 1 unspecified atom stereocenters. The van der Waals surface area contributed by atoms with Gasteiger partial charge >= 0.3 is 0 Å². The molecular weight excluding hydrogens is 220 g/mol. The first-order valence-corrected chi connectivity index (χ1v) is 5.42. The Kier molecular flexibility index (Phi) is 5.11. The van der Waals surface area contributed by atoms with Gasteiger partial charge in [0.2, 0.25) is 0 Å². The molecule has 0 radical (unpaired) electrons. The SMILES string of the molecule is COCc1nc(N)cc(N(C)C(C)COC)n1. The Bertz CT molecular complexity index is 359. The van der Waals surface area contributed by atoms with Gasteiger partial charge in [0, 0.05) is 27.3 Å². The number of anilines is 2. The van der Waals surface area contributed by atoms with Crippen molar-refractivity contribution in [1.29, 1.82) is 0 Å². The van der Waals surface area contributed by atoms with E-state index in [2.05, 4.69) is 16.9 Å². The molecule has 6 nitrogen and oxygen atoms in total.